The zero-order valence-electron chi connectivity index (χ0n) is 11.1. The predicted octanol–water partition coefficient (Wildman–Crippen LogP) is 4.05. The molecular formula is C14H24O2. The summed E-state index contributed by atoms with van der Waals surface area (Å²) in [4.78, 5) is 0. The molecule has 0 aromatic carbocycles. The third-order valence-corrected chi connectivity index (χ3v) is 3.35. The van der Waals surface area contributed by atoms with Crippen LogP contribution in [-0.2, 0) is 4.74 Å². The van der Waals surface area contributed by atoms with Gasteiger partial charge in [0, 0.05) is 12.3 Å². The largest absolute Gasteiger partial charge is 0.513 e. The third kappa shape index (κ3) is 2.42. The van der Waals surface area contributed by atoms with Crippen molar-refractivity contribution in [2.24, 2.45) is 16.7 Å². The Kier molecular flexibility index (Phi) is 3.41. The van der Waals surface area contributed by atoms with E-state index in [-0.39, 0.29) is 16.7 Å². The summed E-state index contributed by atoms with van der Waals surface area (Å²) in [6.07, 6.45) is 2.63. The number of aliphatic hydroxyl groups excluding tert-OH is 1. The average molecular weight is 224 g/mol. The van der Waals surface area contributed by atoms with Gasteiger partial charge in [0.25, 0.3) is 0 Å². The second-order valence-electron chi connectivity index (χ2n) is 5.95. The lowest BCUT2D eigenvalue weighted by Crippen LogP contribution is -2.40. The number of hydrogen-bond acceptors (Lipinski definition) is 2. The summed E-state index contributed by atoms with van der Waals surface area (Å²) in [5, 5.41) is 9.80. The maximum Gasteiger partial charge on any atom is 0.0932 e. The van der Waals surface area contributed by atoms with E-state index >= 15 is 0 Å². The van der Waals surface area contributed by atoms with Gasteiger partial charge in [-0.2, -0.15) is 0 Å². The van der Waals surface area contributed by atoms with Crippen molar-refractivity contribution >= 4 is 0 Å². The van der Waals surface area contributed by atoms with Crippen LogP contribution in [0.4, 0.5) is 0 Å². The molecule has 0 fully saturated rings. The Bertz CT molecular complexity index is 311. The molecule has 0 amide bonds. The number of ether oxygens (including phenoxy) is 1. The fraction of sp³-hybridized carbons (Fsp3) is 0.714. The molecule has 92 valence electrons. The first kappa shape index (κ1) is 13.1. The van der Waals surface area contributed by atoms with Gasteiger partial charge in [-0.05, 0) is 23.8 Å². The highest BCUT2D eigenvalue weighted by atomic mass is 16.5. The van der Waals surface area contributed by atoms with Gasteiger partial charge in [0.1, 0.15) is 0 Å². The molecule has 16 heavy (non-hydrogen) atoms. The summed E-state index contributed by atoms with van der Waals surface area (Å²) in [5.41, 5.74) is -0.132. The molecule has 2 nitrogen and oxygen atoms in total. The zero-order valence-corrected chi connectivity index (χ0v) is 11.1. The van der Waals surface area contributed by atoms with Gasteiger partial charge in [-0.25, -0.2) is 0 Å². The van der Waals surface area contributed by atoms with Gasteiger partial charge in [0.05, 0.1) is 18.1 Å². The van der Waals surface area contributed by atoms with Crippen LogP contribution in [0, 0.1) is 16.7 Å². The Morgan fingerprint density at radius 3 is 2.50 bits per heavy atom. The Morgan fingerprint density at radius 1 is 1.50 bits per heavy atom. The van der Waals surface area contributed by atoms with Crippen molar-refractivity contribution in [1.82, 2.24) is 0 Å². The Morgan fingerprint density at radius 2 is 2.06 bits per heavy atom. The van der Waals surface area contributed by atoms with Gasteiger partial charge in [0.2, 0.25) is 0 Å². The SMILES string of the molecule is C=C(OCC)C1C(C)(C)C=C(O)CC1(C)C. The Balaban J connectivity index is 3.08. The summed E-state index contributed by atoms with van der Waals surface area (Å²) < 4.78 is 5.58. The molecule has 0 saturated carbocycles. The lowest BCUT2D eigenvalue weighted by atomic mass is 9.59. The quantitative estimate of drug-likeness (QED) is 0.733. The third-order valence-electron chi connectivity index (χ3n) is 3.35. The van der Waals surface area contributed by atoms with Crippen molar-refractivity contribution in [3.05, 3.63) is 24.2 Å². The number of hydrogen-bond donors (Lipinski definition) is 1. The number of aliphatic hydroxyl groups is 1. The number of allylic oxidation sites excluding steroid dienone is 3. The highest BCUT2D eigenvalue weighted by molar-refractivity contribution is 5.19. The van der Waals surface area contributed by atoms with Gasteiger partial charge in [-0.3, -0.25) is 0 Å². The minimum atomic E-state index is -0.113. The molecular weight excluding hydrogens is 200 g/mol. The average Bonchev–Trinajstić information content (AvgIpc) is 1.96. The summed E-state index contributed by atoms with van der Waals surface area (Å²) in [6, 6.07) is 0. The van der Waals surface area contributed by atoms with E-state index in [9.17, 15) is 5.11 Å². The summed E-state index contributed by atoms with van der Waals surface area (Å²) >= 11 is 0. The van der Waals surface area contributed by atoms with Gasteiger partial charge in [-0.15, -0.1) is 0 Å². The molecule has 0 aromatic rings. The van der Waals surface area contributed by atoms with E-state index in [0.29, 0.717) is 18.8 Å². The maximum atomic E-state index is 9.80. The van der Waals surface area contributed by atoms with Crippen molar-refractivity contribution < 1.29 is 9.84 Å². The normalized spacial score (nSPS) is 27.1. The first-order chi connectivity index (χ1) is 7.20. The van der Waals surface area contributed by atoms with Crippen LogP contribution >= 0.6 is 0 Å². The monoisotopic (exact) mass is 224 g/mol. The van der Waals surface area contributed by atoms with E-state index in [2.05, 4.69) is 34.3 Å². The van der Waals surface area contributed by atoms with Crippen LogP contribution in [0.1, 0.15) is 41.0 Å². The number of rotatable bonds is 3. The molecule has 0 heterocycles. The molecule has 0 aliphatic heterocycles. The molecule has 0 spiro atoms. The van der Waals surface area contributed by atoms with E-state index in [1.165, 1.54) is 0 Å². The van der Waals surface area contributed by atoms with Gasteiger partial charge >= 0.3 is 0 Å². The van der Waals surface area contributed by atoms with Crippen molar-refractivity contribution in [2.45, 2.75) is 41.0 Å². The predicted molar refractivity (Wildman–Crippen MR) is 67.1 cm³/mol. The molecule has 1 aliphatic carbocycles. The van der Waals surface area contributed by atoms with Crippen LogP contribution in [0.2, 0.25) is 0 Å². The molecule has 1 rings (SSSR count). The summed E-state index contributed by atoms with van der Waals surface area (Å²) in [7, 11) is 0. The van der Waals surface area contributed by atoms with Crippen LogP contribution in [0.15, 0.2) is 24.2 Å². The fourth-order valence-electron chi connectivity index (χ4n) is 3.26. The topological polar surface area (TPSA) is 29.5 Å². The molecule has 1 unspecified atom stereocenters. The highest BCUT2D eigenvalue weighted by Gasteiger charge is 2.46. The van der Waals surface area contributed by atoms with E-state index in [1.807, 2.05) is 13.0 Å². The second-order valence-corrected chi connectivity index (χ2v) is 5.95. The first-order valence-corrected chi connectivity index (χ1v) is 5.93. The molecule has 1 aliphatic rings. The first-order valence-electron chi connectivity index (χ1n) is 5.93. The molecule has 1 N–H and O–H groups in total. The smallest absolute Gasteiger partial charge is 0.0932 e. The standard InChI is InChI=1S/C14H24O2/c1-7-16-10(2)12-13(3,4)8-11(15)9-14(12,5)6/h8,12,15H,2,7,9H2,1,3-6H3. The molecule has 0 aromatic heterocycles. The van der Waals surface area contributed by atoms with Crippen molar-refractivity contribution in [3.63, 3.8) is 0 Å². The van der Waals surface area contributed by atoms with Crippen molar-refractivity contribution in [2.75, 3.05) is 6.61 Å². The zero-order chi connectivity index (χ0) is 12.6. The Hall–Kier alpha value is -0.920. The van der Waals surface area contributed by atoms with Gasteiger partial charge < -0.3 is 9.84 Å². The van der Waals surface area contributed by atoms with E-state index < -0.39 is 0 Å². The molecule has 1 atom stereocenters. The van der Waals surface area contributed by atoms with E-state index in [0.717, 1.165) is 5.76 Å². The lowest BCUT2D eigenvalue weighted by Gasteiger charge is -2.47. The molecule has 2 heteroatoms. The van der Waals surface area contributed by atoms with Crippen LogP contribution in [-0.4, -0.2) is 11.7 Å². The summed E-state index contributed by atoms with van der Waals surface area (Å²) in [5.74, 6) is 1.55. The van der Waals surface area contributed by atoms with Gasteiger partial charge in [0.15, 0.2) is 0 Å². The molecule has 0 saturated heterocycles. The van der Waals surface area contributed by atoms with Crippen molar-refractivity contribution in [1.29, 1.82) is 0 Å². The van der Waals surface area contributed by atoms with Crippen LogP contribution < -0.4 is 0 Å². The van der Waals surface area contributed by atoms with Crippen molar-refractivity contribution in [3.8, 4) is 0 Å². The minimum Gasteiger partial charge on any atom is -0.513 e. The van der Waals surface area contributed by atoms with E-state index in [4.69, 9.17) is 4.74 Å². The lowest BCUT2D eigenvalue weighted by molar-refractivity contribution is 0.0431. The minimum absolute atomic E-state index is 0.0193. The fourth-order valence-corrected chi connectivity index (χ4v) is 3.26. The van der Waals surface area contributed by atoms with Crippen LogP contribution in [0.3, 0.4) is 0 Å². The molecule has 0 bridgehead atoms. The second kappa shape index (κ2) is 4.15. The Labute approximate surface area is 99.0 Å². The van der Waals surface area contributed by atoms with E-state index in [1.54, 1.807) is 0 Å². The van der Waals surface area contributed by atoms with Gasteiger partial charge in [-0.1, -0.05) is 34.3 Å². The van der Waals surface area contributed by atoms with Crippen LogP contribution in [0.25, 0.3) is 0 Å². The highest BCUT2D eigenvalue weighted by Crippen LogP contribution is 2.52. The maximum absolute atomic E-state index is 9.80. The van der Waals surface area contributed by atoms with Crippen LogP contribution in [0.5, 0.6) is 0 Å². The summed E-state index contributed by atoms with van der Waals surface area (Å²) in [6.45, 7) is 15.2. The molecule has 0 radical (unpaired) electrons.